The Kier molecular flexibility index (Phi) is 4.17. The van der Waals surface area contributed by atoms with Gasteiger partial charge in [0.1, 0.15) is 4.90 Å². The molecule has 21 heavy (non-hydrogen) atoms. The number of anilines is 1. The smallest absolute Gasteiger partial charge is 0.244 e. The first-order valence-electron chi connectivity index (χ1n) is 7.57. The number of sulfonamides is 1. The second kappa shape index (κ2) is 5.78. The van der Waals surface area contributed by atoms with Crippen molar-refractivity contribution in [2.75, 3.05) is 12.3 Å². The van der Waals surface area contributed by atoms with E-state index in [1.807, 2.05) is 0 Å². The first-order chi connectivity index (χ1) is 10.00. The van der Waals surface area contributed by atoms with Crippen LogP contribution in [0.5, 0.6) is 0 Å². The van der Waals surface area contributed by atoms with Crippen LogP contribution >= 0.6 is 11.6 Å². The minimum atomic E-state index is -3.53. The van der Waals surface area contributed by atoms with Crippen LogP contribution in [0.25, 0.3) is 0 Å². The molecule has 4 nitrogen and oxygen atoms in total. The second-order valence-corrected chi connectivity index (χ2v) is 8.33. The minimum Gasteiger partial charge on any atom is -0.399 e. The molecule has 116 valence electrons. The first-order valence-corrected chi connectivity index (χ1v) is 9.39. The molecule has 1 aromatic carbocycles. The number of rotatable bonds is 3. The van der Waals surface area contributed by atoms with Gasteiger partial charge < -0.3 is 5.73 Å². The Balaban J connectivity index is 1.93. The van der Waals surface area contributed by atoms with Crippen LogP contribution in [-0.2, 0) is 10.0 Å². The highest BCUT2D eigenvalue weighted by Crippen LogP contribution is 2.39. The molecule has 0 spiro atoms. The SMILES string of the molecule is Nc1ccc(S(=O)(=O)N2CCCC2C2CCCC2)c(Cl)c1. The van der Waals surface area contributed by atoms with Crippen molar-refractivity contribution in [3.63, 3.8) is 0 Å². The van der Waals surface area contributed by atoms with Gasteiger partial charge in [0.2, 0.25) is 10.0 Å². The Bertz CT molecular complexity index is 627. The third-order valence-electron chi connectivity index (χ3n) is 4.73. The van der Waals surface area contributed by atoms with Gasteiger partial charge in [-0.05, 0) is 49.8 Å². The summed E-state index contributed by atoms with van der Waals surface area (Å²) < 4.78 is 27.5. The number of halogens is 1. The normalized spacial score (nSPS) is 24.7. The lowest BCUT2D eigenvalue weighted by atomic mass is 9.97. The molecule has 6 heteroatoms. The van der Waals surface area contributed by atoms with Gasteiger partial charge in [-0.25, -0.2) is 8.42 Å². The molecule has 1 atom stereocenters. The lowest BCUT2D eigenvalue weighted by Gasteiger charge is -2.29. The number of benzene rings is 1. The van der Waals surface area contributed by atoms with Gasteiger partial charge in [-0.15, -0.1) is 0 Å². The molecule has 1 saturated heterocycles. The van der Waals surface area contributed by atoms with E-state index in [4.69, 9.17) is 17.3 Å². The molecule has 2 aliphatic rings. The fraction of sp³-hybridized carbons (Fsp3) is 0.600. The van der Waals surface area contributed by atoms with Crippen LogP contribution in [0, 0.1) is 5.92 Å². The summed E-state index contributed by atoms with van der Waals surface area (Å²) >= 11 is 6.11. The lowest BCUT2D eigenvalue weighted by molar-refractivity contribution is 0.288. The predicted octanol–water partition coefficient (Wildman–Crippen LogP) is 3.27. The molecular weight excluding hydrogens is 308 g/mol. The maximum absolute atomic E-state index is 12.9. The van der Waals surface area contributed by atoms with Crippen LogP contribution < -0.4 is 5.73 Å². The van der Waals surface area contributed by atoms with E-state index in [0.29, 0.717) is 18.2 Å². The Morgan fingerprint density at radius 3 is 2.52 bits per heavy atom. The van der Waals surface area contributed by atoms with Crippen molar-refractivity contribution in [2.45, 2.75) is 49.5 Å². The molecule has 0 radical (unpaired) electrons. The fourth-order valence-corrected chi connectivity index (χ4v) is 6.01. The third-order valence-corrected chi connectivity index (χ3v) is 7.14. The Morgan fingerprint density at radius 1 is 1.14 bits per heavy atom. The van der Waals surface area contributed by atoms with Crippen LogP contribution in [0.4, 0.5) is 5.69 Å². The van der Waals surface area contributed by atoms with E-state index in [1.54, 1.807) is 10.4 Å². The van der Waals surface area contributed by atoms with Crippen LogP contribution in [0.1, 0.15) is 38.5 Å². The Labute approximate surface area is 131 Å². The van der Waals surface area contributed by atoms with Crippen molar-refractivity contribution >= 4 is 27.3 Å². The number of hydrogen-bond acceptors (Lipinski definition) is 3. The molecule has 1 aliphatic carbocycles. The summed E-state index contributed by atoms with van der Waals surface area (Å²) in [6.07, 6.45) is 6.64. The summed E-state index contributed by atoms with van der Waals surface area (Å²) in [4.78, 5) is 0.184. The highest BCUT2D eigenvalue weighted by atomic mass is 35.5. The molecule has 2 fully saturated rings. The third kappa shape index (κ3) is 2.79. The molecule has 0 aromatic heterocycles. The van der Waals surface area contributed by atoms with Gasteiger partial charge in [-0.1, -0.05) is 24.4 Å². The van der Waals surface area contributed by atoms with Crippen molar-refractivity contribution in [2.24, 2.45) is 5.92 Å². The van der Waals surface area contributed by atoms with Crippen molar-refractivity contribution in [1.82, 2.24) is 4.31 Å². The van der Waals surface area contributed by atoms with Gasteiger partial charge >= 0.3 is 0 Å². The largest absolute Gasteiger partial charge is 0.399 e. The van der Waals surface area contributed by atoms with Gasteiger partial charge in [0.25, 0.3) is 0 Å². The van der Waals surface area contributed by atoms with Crippen LogP contribution in [-0.4, -0.2) is 25.3 Å². The molecule has 1 heterocycles. The highest BCUT2D eigenvalue weighted by molar-refractivity contribution is 7.89. The van der Waals surface area contributed by atoms with E-state index in [-0.39, 0.29) is 16.0 Å². The molecule has 1 unspecified atom stereocenters. The van der Waals surface area contributed by atoms with Gasteiger partial charge in [0.05, 0.1) is 5.02 Å². The zero-order valence-electron chi connectivity index (χ0n) is 12.0. The van der Waals surface area contributed by atoms with Crippen LogP contribution in [0.2, 0.25) is 5.02 Å². The molecule has 1 saturated carbocycles. The van der Waals surface area contributed by atoms with Crippen molar-refractivity contribution < 1.29 is 8.42 Å². The predicted molar refractivity (Wildman–Crippen MR) is 84.7 cm³/mol. The molecule has 0 amide bonds. The van der Waals surface area contributed by atoms with Crippen LogP contribution in [0.3, 0.4) is 0 Å². The fourth-order valence-electron chi connectivity index (χ4n) is 3.73. The second-order valence-electron chi connectivity index (χ2n) is 6.06. The molecule has 2 N–H and O–H groups in total. The summed E-state index contributed by atoms with van der Waals surface area (Å²) in [7, 11) is -3.53. The monoisotopic (exact) mass is 328 g/mol. The van der Waals surface area contributed by atoms with E-state index >= 15 is 0 Å². The maximum Gasteiger partial charge on any atom is 0.244 e. The average Bonchev–Trinajstić information content (AvgIpc) is 3.09. The summed E-state index contributed by atoms with van der Waals surface area (Å²) in [5, 5.41) is 0.215. The first kappa shape index (κ1) is 15.1. The van der Waals surface area contributed by atoms with Gasteiger partial charge in [0.15, 0.2) is 0 Å². The van der Waals surface area contributed by atoms with Crippen molar-refractivity contribution in [3.8, 4) is 0 Å². The van der Waals surface area contributed by atoms with E-state index in [1.165, 1.54) is 25.0 Å². The quantitative estimate of drug-likeness (QED) is 0.866. The topological polar surface area (TPSA) is 63.4 Å². The van der Waals surface area contributed by atoms with Gasteiger partial charge in [-0.3, -0.25) is 0 Å². The van der Waals surface area contributed by atoms with Gasteiger partial charge in [0, 0.05) is 18.3 Å². The molecular formula is C15H21ClN2O2S. The average molecular weight is 329 g/mol. The zero-order chi connectivity index (χ0) is 15.0. The summed E-state index contributed by atoms with van der Waals surface area (Å²) in [5.41, 5.74) is 6.14. The van der Waals surface area contributed by atoms with Gasteiger partial charge in [-0.2, -0.15) is 4.31 Å². The minimum absolute atomic E-state index is 0.145. The van der Waals surface area contributed by atoms with Crippen molar-refractivity contribution in [1.29, 1.82) is 0 Å². The standard InChI is InChI=1S/C15H21ClN2O2S/c16-13-10-12(17)7-8-15(13)21(19,20)18-9-3-6-14(18)11-4-1-2-5-11/h7-8,10-11,14H,1-6,9,17H2. The Morgan fingerprint density at radius 2 is 1.86 bits per heavy atom. The number of nitrogens with zero attached hydrogens (tertiary/aromatic N) is 1. The summed E-state index contributed by atoms with van der Waals surface area (Å²) in [6.45, 7) is 0.601. The molecule has 0 bridgehead atoms. The summed E-state index contributed by atoms with van der Waals surface area (Å²) in [6, 6.07) is 4.78. The number of nitrogen functional groups attached to an aromatic ring is 1. The van der Waals surface area contributed by atoms with Crippen molar-refractivity contribution in [3.05, 3.63) is 23.2 Å². The number of hydrogen-bond donors (Lipinski definition) is 1. The summed E-state index contributed by atoms with van der Waals surface area (Å²) in [5.74, 6) is 0.509. The molecule has 3 rings (SSSR count). The van der Waals surface area contributed by atoms with E-state index < -0.39 is 10.0 Å². The highest BCUT2D eigenvalue weighted by Gasteiger charge is 2.40. The lowest BCUT2D eigenvalue weighted by Crippen LogP contribution is -2.39. The number of nitrogens with two attached hydrogens (primary N) is 1. The Hall–Kier alpha value is -0.780. The molecule has 1 aliphatic heterocycles. The zero-order valence-corrected chi connectivity index (χ0v) is 13.5. The maximum atomic E-state index is 12.9. The van der Waals surface area contributed by atoms with E-state index in [9.17, 15) is 8.42 Å². The van der Waals surface area contributed by atoms with E-state index in [2.05, 4.69) is 0 Å². The molecule has 1 aromatic rings. The van der Waals surface area contributed by atoms with Crippen LogP contribution in [0.15, 0.2) is 23.1 Å². The van der Waals surface area contributed by atoms with E-state index in [0.717, 1.165) is 25.7 Å².